The van der Waals surface area contributed by atoms with Gasteiger partial charge in [-0.2, -0.15) is 0 Å². The zero-order valence-corrected chi connectivity index (χ0v) is 13.0. The molecule has 1 unspecified atom stereocenters. The Morgan fingerprint density at radius 1 is 1.38 bits per heavy atom. The summed E-state index contributed by atoms with van der Waals surface area (Å²) in [6.07, 6.45) is -7.56. The van der Waals surface area contributed by atoms with E-state index in [1.54, 1.807) is 0 Å². The van der Waals surface area contributed by atoms with Gasteiger partial charge in [0, 0.05) is 20.3 Å². The minimum atomic E-state index is -2.93. The highest BCUT2D eigenvalue weighted by molar-refractivity contribution is 5.75. The van der Waals surface area contributed by atoms with Gasteiger partial charge in [-0.3, -0.25) is 9.59 Å². The summed E-state index contributed by atoms with van der Waals surface area (Å²) in [7, 11) is 0. The van der Waals surface area contributed by atoms with Crippen LogP contribution in [0.5, 0.6) is 0 Å². The quantitative estimate of drug-likeness (QED) is 0.292. The zero-order chi connectivity index (χ0) is 18.7. The molecular weight excluding hydrogens is 330 g/mol. The number of esters is 1. The molecule has 1 heterocycles. The Kier molecular flexibility index (Phi) is 6.63. The lowest BCUT2D eigenvalue weighted by atomic mass is 9.88. The Labute approximate surface area is 136 Å². The molecule has 1 aliphatic heterocycles. The first-order valence-electron chi connectivity index (χ1n) is 7.04. The molecule has 11 nitrogen and oxygen atoms in total. The van der Waals surface area contributed by atoms with Crippen molar-refractivity contribution in [2.75, 3.05) is 6.61 Å². The number of amides is 1. The number of carbonyl (C=O) groups is 3. The van der Waals surface area contributed by atoms with E-state index in [-0.39, 0.29) is 0 Å². The Balaban J connectivity index is 3.25. The largest absolute Gasteiger partial charge is 0.544 e. The molecule has 1 amide bonds. The van der Waals surface area contributed by atoms with Crippen LogP contribution in [0, 0.1) is 0 Å². The number of nitrogens with one attached hydrogen (secondary N) is 1. The third-order valence-corrected chi connectivity index (χ3v) is 3.49. The number of aliphatic hydroxyl groups is 4. The topological polar surface area (TPSA) is 186 Å². The minimum Gasteiger partial charge on any atom is -0.544 e. The van der Waals surface area contributed by atoms with Gasteiger partial charge in [0.05, 0.1) is 12.6 Å². The summed E-state index contributed by atoms with van der Waals surface area (Å²) in [5, 5.41) is 52.0. The average molecular weight is 350 g/mol. The molecule has 24 heavy (non-hydrogen) atoms. The monoisotopic (exact) mass is 350 g/mol. The SMILES string of the molecule is CC(=O)N[C@H]1[C@H]([C@H](O)[C@H](O)CO)OC(O)(C(=O)[O-])C[C@@H]1OC(C)=O. The maximum atomic E-state index is 11.4. The second-order valence-electron chi connectivity index (χ2n) is 5.47. The molecule has 5 N–H and O–H groups in total. The summed E-state index contributed by atoms with van der Waals surface area (Å²) < 4.78 is 9.82. The number of aliphatic hydroxyl groups excluding tert-OH is 3. The van der Waals surface area contributed by atoms with Crippen LogP contribution in [-0.2, 0) is 23.9 Å². The summed E-state index contributed by atoms with van der Waals surface area (Å²) in [5.74, 6) is -6.46. The fourth-order valence-electron chi connectivity index (χ4n) is 2.44. The van der Waals surface area contributed by atoms with Crippen molar-refractivity contribution in [2.45, 2.75) is 56.5 Å². The van der Waals surface area contributed by atoms with E-state index in [1.807, 2.05) is 0 Å². The van der Waals surface area contributed by atoms with Crippen LogP contribution in [0.25, 0.3) is 0 Å². The Morgan fingerprint density at radius 3 is 2.38 bits per heavy atom. The maximum absolute atomic E-state index is 11.4. The van der Waals surface area contributed by atoms with Crippen LogP contribution in [0.2, 0.25) is 0 Å². The second-order valence-corrected chi connectivity index (χ2v) is 5.47. The number of carbonyl (C=O) groups excluding carboxylic acids is 3. The van der Waals surface area contributed by atoms with Crippen LogP contribution < -0.4 is 10.4 Å². The highest BCUT2D eigenvalue weighted by Crippen LogP contribution is 2.31. The molecule has 0 bridgehead atoms. The van der Waals surface area contributed by atoms with E-state index in [2.05, 4.69) is 5.32 Å². The third-order valence-electron chi connectivity index (χ3n) is 3.49. The van der Waals surface area contributed by atoms with Crippen molar-refractivity contribution < 1.29 is 49.4 Å². The zero-order valence-electron chi connectivity index (χ0n) is 13.0. The van der Waals surface area contributed by atoms with Gasteiger partial charge in [-0.15, -0.1) is 0 Å². The number of hydrogen-bond acceptors (Lipinski definition) is 10. The van der Waals surface area contributed by atoms with E-state index in [4.69, 9.17) is 14.6 Å². The molecule has 11 heteroatoms. The number of rotatable bonds is 6. The third kappa shape index (κ3) is 4.61. The first kappa shape index (κ1) is 20.3. The van der Waals surface area contributed by atoms with E-state index in [0.717, 1.165) is 13.8 Å². The van der Waals surface area contributed by atoms with Crippen LogP contribution in [0.1, 0.15) is 20.3 Å². The minimum absolute atomic E-state index is 0.629. The van der Waals surface area contributed by atoms with Crippen molar-refractivity contribution in [1.29, 1.82) is 0 Å². The van der Waals surface area contributed by atoms with Gasteiger partial charge < -0.3 is 45.1 Å². The number of ether oxygens (including phenoxy) is 2. The smallest absolute Gasteiger partial charge is 0.302 e. The van der Waals surface area contributed by atoms with E-state index in [0.29, 0.717) is 0 Å². The van der Waals surface area contributed by atoms with E-state index < -0.39 is 67.1 Å². The molecule has 6 atom stereocenters. The normalized spacial score (nSPS) is 32.5. The van der Waals surface area contributed by atoms with Crippen molar-refractivity contribution in [3.63, 3.8) is 0 Å². The number of hydrogen-bond donors (Lipinski definition) is 5. The number of aliphatic carboxylic acids is 1. The van der Waals surface area contributed by atoms with Gasteiger partial charge in [-0.1, -0.05) is 0 Å². The molecule has 0 spiro atoms. The van der Waals surface area contributed by atoms with Gasteiger partial charge in [0.1, 0.15) is 30.4 Å². The maximum Gasteiger partial charge on any atom is 0.302 e. The van der Waals surface area contributed by atoms with Crippen molar-refractivity contribution >= 4 is 17.8 Å². The molecule has 1 saturated heterocycles. The Hall–Kier alpha value is -1.79. The molecule has 0 saturated carbocycles. The summed E-state index contributed by atoms with van der Waals surface area (Å²) >= 11 is 0. The predicted octanol–water partition coefficient (Wildman–Crippen LogP) is -4.64. The lowest BCUT2D eigenvalue weighted by molar-refractivity contribution is -0.374. The molecule has 1 rings (SSSR count). The molecule has 0 radical (unpaired) electrons. The first-order chi connectivity index (χ1) is 11.0. The first-order valence-corrected chi connectivity index (χ1v) is 7.04. The van der Waals surface area contributed by atoms with Gasteiger partial charge in [-0.05, 0) is 0 Å². The van der Waals surface area contributed by atoms with Crippen molar-refractivity contribution in [3.05, 3.63) is 0 Å². The molecule has 1 fully saturated rings. The second kappa shape index (κ2) is 7.85. The summed E-state index contributed by atoms with van der Waals surface area (Å²) in [6, 6.07) is -1.29. The fourth-order valence-corrected chi connectivity index (χ4v) is 2.44. The highest BCUT2D eigenvalue weighted by atomic mass is 16.7. The Morgan fingerprint density at radius 2 is 1.96 bits per heavy atom. The van der Waals surface area contributed by atoms with Gasteiger partial charge in [0.2, 0.25) is 11.7 Å². The average Bonchev–Trinajstić information content (AvgIpc) is 2.47. The lowest BCUT2D eigenvalue weighted by Crippen LogP contribution is -2.69. The highest BCUT2D eigenvalue weighted by Gasteiger charge is 2.52. The number of carboxylic acid groups (broad SMARTS) is 1. The molecular formula is C13H20NO10-. The van der Waals surface area contributed by atoms with Crippen LogP contribution in [0.3, 0.4) is 0 Å². The summed E-state index contributed by atoms with van der Waals surface area (Å²) in [6.45, 7) is 1.22. The standard InChI is InChI=1S/C13H21NO10/c1-5(16)14-9-8(23-6(2)17)3-13(22,12(20)21)24-11(9)10(19)7(18)4-15/h7-11,15,18-19,22H,3-4H2,1-2H3,(H,14,16)(H,20,21)/p-1/t7-,8+,9-,10-,11-,13?/m1/s1. The molecule has 138 valence electrons. The van der Waals surface area contributed by atoms with E-state index >= 15 is 0 Å². The van der Waals surface area contributed by atoms with Crippen LogP contribution in [-0.4, -0.2) is 81.1 Å². The van der Waals surface area contributed by atoms with Crippen molar-refractivity contribution in [1.82, 2.24) is 5.32 Å². The number of carboxylic acids is 1. The molecule has 0 aliphatic carbocycles. The van der Waals surface area contributed by atoms with E-state index in [9.17, 15) is 34.8 Å². The van der Waals surface area contributed by atoms with Gasteiger partial charge in [0.25, 0.3) is 0 Å². The van der Waals surface area contributed by atoms with Crippen molar-refractivity contribution in [3.8, 4) is 0 Å². The van der Waals surface area contributed by atoms with Gasteiger partial charge >= 0.3 is 5.97 Å². The van der Waals surface area contributed by atoms with Crippen LogP contribution in [0.4, 0.5) is 0 Å². The van der Waals surface area contributed by atoms with Gasteiger partial charge in [-0.25, -0.2) is 0 Å². The van der Waals surface area contributed by atoms with Crippen LogP contribution >= 0.6 is 0 Å². The fraction of sp³-hybridized carbons (Fsp3) is 0.769. The molecule has 0 aromatic carbocycles. The van der Waals surface area contributed by atoms with Gasteiger partial charge in [0.15, 0.2) is 0 Å². The van der Waals surface area contributed by atoms with Crippen molar-refractivity contribution in [2.24, 2.45) is 0 Å². The predicted molar refractivity (Wildman–Crippen MR) is 71.7 cm³/mol. The van der Waals surface area contributed by atoms with E-state index in [1.165, 1.54) is 0 Å². The molecule has 0 aromatic heterocycles. The molecule has 0 aromatic rings. The summed E-state index contributed by atoms with van der Waals surface area (Å²) in [5.41, 5.74) is 0. The lowest BCUT2D eigenvalue weighted by Gasteiger charge is -2.47. The summed E-state index contributed by atoms with van der Waals surface area (Å²) in [4.78, 5) is 33.7. The van der Waals surface area contributed by atoms with Crippen LogP contribution in [0.15, 0.2) is 0 Å². The molecule has 1 aliphatic rings. The Bertz CT molecular complexity index is 497.